The van der Waals surface area contributed by atoms with Crippen LogP contribution in [-0.4, -0.2) is 43.5 Å². The van der Waals surface area contributed by atoms with Crippen LogP contribution in [0.5, 0.6) is 0 Å². The van der Waals surface area contributed by atoms with Gasteiger partial charge in [-0.25, -0.2) is 0 Å². The maximum absolute atomic E-state index is 10.7. The van der Waals surface area contributed by atoms with Crippen LogP contribution in [0.25, 0.3) is 0 Å². The maximum atomic E-state index is 10.7. The fourth-order valence-electron chi connectivity index (χ4n) is 2.62. The summed E-state index contributed by atoms with van der Waals surface area (Å²) in [6.07, 6.45) is 10.9. The average molecular weight is 249 g/mol. The second-order valence-electron chi connectivity index (χ2n) is 5.24. The summed E-state index contributed by atoms with van der Waals surface area (Å²) in [6.45, 7) is 6.34. The first-order valence-electron chi connectivity index (χ1n) is 6.99. The Hall–Kier alpha value is -0.930. The van der Waals surface area contributed by atoms with Crippen LogP contribution in [0.1, 0.15) is 26.2 Å². The first-order chi connectivity index (χ1) is 8.79. The lowest BCUT2D eigenvalue weighted by Crippen LogP contribution is -2.34. The van der Waals surface area contributed by atoms with Crippen molar-refractivity contribution in [2.24, 2.45) is 5.92 Å². The molecule has 3 heteroatoms. The Kier molecular flexibility index (Phi) is 5.14. The molecule has 0 radical (unpaired) electrons. The third-order valence-corrected chi connectivity index (χ3v) is 3.75. The molecule has 2 rings (SSSR count). The third-order valence-electron chi connectivity index (χ3n) is 3.75. The standard InChI is InChI=1S/C15H23NO2/c1-13-11-14(12-17)5-6-15(13)18-10-9-16-7-3-2-4-8-16/h5-6,11-13,15H,2-4,7-10H2,1H3. The maximum Gasteiger partial charge on any atom is 0.149 e. The van der Waals surface area contributed by atoms with Gasteiger partial charge in [-0.15, -0.1) is 0 Å². The molecule has 0 saturated carbocycles. The van der Waals surface area contributed by atoms with E-state index in [9.17, 15) is 4.79 Å². The molecule has 2 unspecified atom stereocenters. The molecule has 1 saturated heterocycles. The van der Waals surface area contributed by atoms with E-state index in [2.05, 4.69) is 11.8 Å². The van der Waals surface area contributed by atoms with Gasteiger partial charge < -0.3 is 9.64 Å². The van der Waals surface area contributed by atoms with Crippen molar-refractivity contribution in [3.63, 3.8) is 0 Å². The number of hydrogen-bond donors (Lipinski definition) is 0. The molecule has 1 aliphatic carbocycles. The van der Waals surface area contributed by atoms with Gasteiger partial charge in [-0.2, -0.15) is 0 Å². The Morgan fingerprint density at radius 3 is 2.83 bits per heavy atom. The first-order valence-corrected chi connectivity index (χ1v) is 6.99. The van der Waals surface area contributed by atoms with E-state index in [1.54, 1.807) is 0 Å². The molecule has 0 N–H and O–H groups in total. The molecule has 1 fully saturated rings. The minimum Gasteiger partial charge on any atom is -0.372 e. The van der Waals surface area contributed by atoms with Gasteiger partial charge in [0.05, 0.1) is 12.7 Å². The fraction of sp³-hybridized carbons (Fsp3) is 0.667. The number of allylic oxidation sites excluding steroid dienone is 2. The molecule has 0 aromatic carbocycles. The summed E-state index contributed by atoms with van der Waals surface area (Å²) in [5, 5.41) is 0. The van der Waals surface area contributed by atoms with Crippen LogP contribution in [0, 0.1) is 5.92 Å². The van der Waals surface area contributed by atoms with Gasteiger partial charge in [-0.1, -0.05) is 31.6 Å². The van der Waals surface area contributed by atoms with Crippen molar-refractivity contribution >= 4 is 6.29 Å². The number of carbonyl (C=O) groups excluding carboxylic acids is 1. The number of ether oxygens (including phenoxy) is 1. The largest absolute Gasteiger partial charge is 0.372 e. The van der Waals surface area contributed by atoms with Crippen LogP contribution in [0.2, 0.25) is 0 Å². The van der Waals surface area contributed by atoms with E-state index in [4.69, 9.17) is 4.74 Å². The lowest BCUT2D eigenvalue weighted by molar-refractivity contribution is -0.104. The molecule has 2 aliphatic rings. The molecule has 2 atom stereocenters. The smallest absolute Gasteiger partial charge is 0.149 e. The van der Waals surface area contributed by atoms with Crippen LogP contribution in [0.4, 0.5) is 0 Å². The number of likely N-dealkylation sites (tertiary alicyclic amines) is 1. The Balaban J connectivity index is 1.69. The van der Waals surface area contributed by atoms with Crippen LogP contribution in [0.3, 0.4) is 0 Å². The highest BCUT2D eigenvalue weighted by Gasteiger charge is 2.17. The van der Waals surface area contributed by atoms with Crippen LogP contribution in [-0.2, 0) is 9.53 Å². The van der Waals surface area contributed by atoms with Gasteiger partial charge in [0.25, 0.3) is 0 Å². The molecule has 18 heavy (non-hydrogen) atoms. The van der Waals surface area contributed by atoms with Gasteiger partial charge in [0.15, 0.2) is 0 Å². The topological polar surface area (TPSA) is 29.5 Å². The molecule has 0 spiro atoms. The van der Waals surface area contributed by atoms with Crippen molar-refractivity contribution in [3.8, 4) is 0 Å². The molecule has 0 bridgehead atoms. The van der Waals surface area contributed by atoms with Gasteiger partial charge in [-0.05, 0) is 25.9 Å². The summed E-state index contributed by atoms with van der Waals surface area (Å²) >= 11 is 0. The van der Waals surface area contributed by atoms with E-state index in [1.807, 2.05) is 18.2 Å². The molecule has 3 nitrogen and oxygen atoms in total. The minimum absolute atomic E-state index is 0.124. The summed E-state index contributed by atoms with van der Waals surface area (Å²) < 4.78 is 5.90. The van der Waals surface area contributed by atoms with E-state index in [0.717, 1.165) is 25.0 Å². The zero-order chi connectivity index (χ0) is 12.8. The van der Waals surface area contributed by atoms with Crippen molar-refractivity contribution in [2.75, 3.05) is 26.2 Å². The Bertz CT molecular complexity index is 329. The zero-order valence-corrected chi connectivity index (χ0v) is 11.2. The predicted octanol–water partition coefficient (Wildman–Crippen LogP) is 2.19. The third kappa shape index (κ3) is 3.79. The number of nitrogens with zero attached hydrogens (tertiary/aromatic N) is 1. The van der Waals surface area contributed by atoms with Crippen LogP contribution >= 0.6 is 0 Å². The lowest BCUT2D eigenvalue weighted by Gasteiger charge is -2.28. The van der Waals surface area contributed by atoms with Crippen molar-refractivity contribution in [2.45, 2.75) is 32.3 Å². The number of carbonyl (C=O) groups is 1. The number of aldehydes is 1. The molecule has 100 valence electrons. The van der Waals surface area contributed by atoms with E-state index < -0.39 is 0 Å². The van der Waals surface area contributed by atoms with Gasteiger partial charge in [0.2, 0.25) is 0 Å². The summed E-state index contributed by atoms with van der Waals surface area (Å²) in [5.74, 6) is 0.288. The van der Waals surface area contributed by atoms with Gasteiger partial charge >= 0.3 is 0 Å². The van der Waals surface area contributed by atoms with Crippen molar-refractivity contribution in [1.82, 2.24) is 4.90 Å². The normalized spacial score (nSPS) is 29.1. The number of piperidine rings is 1. The predicted molar refractivity (Wildman–Crippen MR) is 72.5 cm³/mol. The lowest BCUT2D eigenvalue weighted by atomic mass is 9.96. The molecule has 1 heterocycles. The van der Waals surface area contributed by atoms with Gasteiger partial charge in [-0.3, -0.25) is 4.79 Å². The molecular formula is C15H23NO2. The van der Waals surface area contributed by atoms with Crippen LogP contribution in [0.15, 0.2) is 23.8 Å². The molecule has 0 amide bonds. The van der Waals surface area contributed by atoms with Gasteiger partial charge in [0, 0.05) is 18.0 Å². The molecular weight excluding hydrogens is 226 g/mol. The molecule has 0 aromatic heterocycles. The molecule has 0 aromatic rings. The second-order valence-corrected chi connectivity index (χ2v) is 5.24. The Morgan fingerprint density at radius 2 is 2.17 bits per heavy atom. The highest BCUT2D eigenvalue weighted by molar-refractivity contribution is 5.78. The van der Waals surface area contributed by atoms with Crippen molar-refractivity contribution in [1.29, 1.82) is 0 Å². The Morgan fingerprint density at radius 1 is 1.39 bits per heavy atom. The van der Waals surface area contributed by atoms with Crippen molar-refractivity contribution in [3.05, 3.63) is 23.8 Å². The summed E-state index contributed by atoms with van der Waals surface area (Å²) in [4.78, 5) is 13.1. The van der Waals surface area contributed by atoms with E-state index in [1.165, 1.54) is 32.4 Å². The highest BCUT2D eigenvalue weighted by atomic mass is 16.5. The van der Waals surface area contributed by atoms with Crippen molar-refractivity contribution < 1.29 is 9.53 Å². The fourth-order valence-corrected chi connectivity index (χ4v) is 2.62. The van der Waals surface area contributed by atoms with E-state index in [-0.39, 0.29) is 12.0 Å². The SMILES string of the molecule is CC1C=C(C=O)C=CC1OCCN1CCCCC1. The number of rotatable bonds is 5. The summed E-state index contributed by atoms with van der Waals surface area (Å²) in [5.41, 5.74) is 0.762. The second kappa shape index (κ2) is 6.86. The zero-order valence-electron chi connectivity index (χ0n) is 11.2. The first kappa shape index (κ1) is 13.5. The average Bonchev–Trinajstić information content (AvgIpc) is 2.42. The van der Waals surface area contributed by atoms with E-state index in [0.29, 0.717) is 0 Å². The van der Waals surface area contributed by atoms with Crippen LogP contribution < -0.4 is 0 Å². The minimum atomic E-state index is 0.124. The summed E-state index contributed by atoms with van der Waals surface area (Å²) in [7, 11) is 0. The monoisotopic (exact) mass is 249 g/mol. The summed E-state index contributed by atoms with van der Waals surface area (Å²) in [6, 6.07) is 0. The quantitative estimate of drug-likeness (QED) is 0.700. The van der Waals surface area contributed by atoms with Gasteiger partial charge in [0.1, 0.15) is 6.29 Å². The highest BCUT2D eigenvalue weighted by Crippen LogP contribution is 2.18. The molecule has 1 aliphatic heterocycles. The Labute approximate surface area is 109 Å². The van der Waals surface area contributed by atoms with E-state index >= 15 is 0 Å². The number of hydrogen-bond acceptors (Lipinski definition) is 3.